The average Bonchev–Trinajstić information content (AvgIpc) is 2.66. The molecule has 5 atom stereocenters. The largest absolute Gasteiger partial charge is 0.756 e. The third kappa shape index (κ3) is 4.83. The van der Waals surface area contributed by atoms with E-state index >= 15 is 0 Å². The quantitative estimate of drug-likeness (QED) is 0.348. The van der Waals surface area contributed by atoms with Crippen molar-refractivity contribution in [1.29, 1.82) is 0 Å². The van der Waals surface area contributed by atoms with Gasteiger partial charge in [-0.3, -0.25) is 4.57 Å². The molecule has 1 rings (SSSR count). The van der Waals surface area contributed by atoms with Crippen LogP contribution in [0.3, 0.4) is 0 Å². The monoisotopic (exact) mass is 293 g/mol. The number of phosphoric ester groups is 1. The van der Waals surface area contributed by atoms with Crippen molar-refractivity contribution < 1.29 is 32.7 Å². The molecule has 1 fully saturated rings. The molecule has 1 heterocycles. The van der Waals surface area contributed by atoms with Crippen molar-refractivity contribution in [2.75, 3.05) is 27.4 Å². The number of ether oxygens (including phenoxy) is 3. The third-order valence-electron chi connectivity index (χ3n) is 2.82. The fourth-order valence-corrected chi connectivity index (χ4v) is 2.50. The van der Waals surface area contributed by atoms with E-state index in [1.807, 2.05) is 6.92 Å². The Morgan fingerprint density at radius 2 is 2.00 bits per heavy atom. The topological polar surface area (TPSA) is 86.3 Å². The first kappa shape index (κ1) is 17.1. The highest BCUT2D eigenvalue weighted by Crippen LogP contribution is 2.43. The van der Waals surface area contributed by atoms with Gasteiger partial charge in [0.15, 0.2) is 0 Å². The smallest absolute Gasteiger partial charge is 0.268 e. The second kappa shape index (κ2) is 7.74. The van der Waals surface area contributed by atoms with Crippen LogP contribution in [-0.2, 0) is 27.8 Å². The SMILES string of the molecule is [B][C@@H]1O[C@H](CC)C(OP(=O)([O-])OC)C1OCCOC. The van der Waals surface area contributed by atoms with Gasteiger partial charge in [0, 0.05) is 20.2 Å². The van der Waals surface area contributed by atoms with Crippen molar-refractivity contribution in [3.05, 3.63) is 0 Å². The van der Waals surface area contributed by atoms with Crippen LogP contribution in [0.4, 0.5) is 0 Å². The second-order valence-electron chi connectivity index (χ2n) is 4.08. The lowest BCUT2D eigenvalue weighted by Gasteiger charge is -2.30. The number of phosphoric acid groups is 1. The van der Waals surface area contributed by atoms with Crippen LogP contribution >= 0.6 is 7.82 Å². The predicted molar refractivity (Wildman–Crippen MR) is 65.8 cm³/mol. The van der Waals surface area contributed by atoms with Crippen LogP contribution in [-0.4, -0.2) is 59.6 Å². The highest BCUT2D eigenvalue weighted by atomic mass is 31.2. The van der Waals surface area contributed by atoms with Crippen LogP contribution in [0, 0.1) is 0 Å². The van der Waals surface area contributed by atoms with Crippen LogP contribution in [0.15, 0.2) is 0 Å². The summed E-state index contributed by atoms with van der Waals surface area (Å²) in [5.41, 5.74) is 0. The van der Waals surface area contributed by atoms with Gasteiger partial charge in [-0.15, -0.1) is 0 Å². The lowest BCUT2D eigenvalue weighted by atomic mass is 9.92. The van der Waals surface area contributed by atoms with Crippen LogP contribution < -0.4 is 4.89 Å². The molecule has 1 aliphatic heterocycles. The van der Waals surface area contributed by atoms with Crippen molar-refractivity contribution in [3.8, 4) is 0 Å². The van der Waals surface area contributed by atoms with E-state index in [1.165, 1.54) is 7.11 Å². The standard InChI is InChI=1S/C10H20BO7P/c1-4-7-8(18-19(12,13)15-3)9(10(11)17-7)16-6-5-14-2/h7-10H,4-6H2,1-3H3,(H,12,13)/p-1/t7-,8?,9?,10-/m1/s1. The maximum Gasteiger partial charge on any atom is 0.268 e. The van der Waals surface area contributed by atoms with E-state index in [2.05, 4.69) is 4.52 Å². The molecule has 0 N–H and O–H groups in total. The van der Waals surface area contributed by atoms with Gasteiger partial charge in [-0.1, -0.05) is 6.92 Å². The minimum atomic E-state index is -4.37. The van der Waals surface area contributed by atoms with E-state index in [4.69, 9.17) is 26.6 Å². The third-order valence-corrected chi connectivity index (χ3v) is 3.77. The number of rotatable bonds is 8. The molecule has 9 heteroatoms. The Kier molecular flexibility index (Phi) is 6.97. The Labute approximate surface area is 114 Å². The van der Waals surface area contributed by atoms with Gasteiger partial charge in [0.05, 0.1) is 19.3 Å². The van der Waals surface area contributed by atoms with E-state index in [0.29, 0.717) is 13.0 Å². The van der Waals surface area contributed by atoms with Gasteiger partial charge >= 0.3 is 0 Å². The van der Waals surface area contributed by atoms with Gasteiger partial charge < -0.3 is 28.2 Å². The van der Waals surface area contributed by atoms with Crippen molar-refractivity contribution in [2.45, 2.75) is 37.7 Å². The first-order chi connectivity index (χ1) is 8.95. The van der Waals surface area contributed by atoms with E-state index in [9.17, 15) is 9.46 Å². The van der Waals surface area contributed by atoms with Crippen LogP contribution in [0.2, 0.25) is 0 Å². The Bertz CT molecular complexity index is 316. The molecule has 110 valence electrons. The van der Waals surface area contributed by atoms with Gasteiger partial charge in [0.1, 0.15) is 20.1 Å². The van der Waals surface area contributed by atoms with Crippen molar-refractivity contribution in [1.82, 2.24) is 0 Å². The molecule has 7 nitrogen and oxygen atoms in total. The first-order valence-corrected chi connectivity index (χ1v) is 7.48. The molecule has 0 aliphatic carbocycles. The summed E-state index contributed by atoms with van der Waals surface area (Å²) in [5.74, 6) is 0. The molecule has 0 saturated carbocycles. The van der Waals surface area contributed by atoms with Gasteiger partial charge in [-0.05, 0) is 6.42 Å². The maximum absolute atomic E-state index is 11.4. The summed E-state index contributed by atoms with van der Waals surface area (Å²) >= 11 is 0. The molecule has 0 bridgehead atoms. The maximum atomic E-state index is 11.4. The van der Waals surface area contributed by atoms with Crippen LogP contribution in [0.25, 0.3) is 0 Å². The fourth-order valence-electron chi connectivity index (χ4n) is 1.86. The van der Waals surface area contributed by atoms with Gasteiger partial charge in [-0.2, -0.15) is 0 Å². The number of hydrogen-bond donors (Lipinski definition) is 0. The zero-order valence-electron chi connectivity index (χ0n) is 11.3. The summed E-state index contributed by atoms with van der Waals surface area (Å²) in [5, 5.41) is 0. The summed E-state index contributed by atoms with van der Waals surface area (Å²) < 4.78 is 36.4. The molecule has 2 radical (unpaired) electrons. The minimum absolute atomic E-state index is 0.269. The van der Waals surface area contributed by atoms with E-state index < -0.39 is 32.1 Å². The summed E-state index contributed by atoms with van der Waals surface area (Å²) in [6, 6.07) is -0.747. The van der Waals surface area contributed by atoms with E-state index in [1.54, 1.807) is 0 Å². The van der Waals surface area contributed by atoms with Gasteiger partial charge in [0.2, 0.25) is 0 Å². The molecule has 0 aromatic heterocycles. The molecular weight excluding hydrogens is 274 g/mol. The Morgan fingerprint density at radius 1 is 1.32 bits per heavy atom. The molecule has 1 aliphatic rings. The number of methoxy groups -OCH3 is 1. The highest BCUT2D eigenvalue weighted by Gasteiger charge is 2.44. The molecule has 0 spiro atoms. The summed E-state index contributed by atoms with van der Waals surface area (Å²) in [6.45, 7) is 2.48. The van der Waals surface area contributed by atoms with Crippen molar-refractivity contribution >= 4 is 15.7 Å². The normalized spacial score (nSPS) is 34.3. The van der Waals surface area contributed by atoms with E-state index in [-0.39, 0.29) is 6.61 Å². The summed E-state index contributed by atoms with van der Waals surface area (Å²) in [7, 11) is 3.97. The van der Waals surface area contributed by atoms with Gasteiger partial charge in [-0.25, -0.2) is 0 Å². The first-order valence-electron chi connectivity index (χ1n) is 6.02. The zero-order valence-corrected chi connectivity index (χ0v) is 12.2. The van der Waals surface area contributed by atoms with E-state index in [0.717, 1.165) is 7.11 Å². The second-order valence-corrected chi connectivity index (χ2v) is 5.55. The lowest BCUT2D eigenvalue weighted by molar-refractivity contribution is -0.231. The van der Waals surface area contributed by atoms with Crippen molar-refractivity contribution in [2.24, 2.45) is 0 Å². The average molecular weight is 293 g/mol. The molecule has 3 unspecified atom stereocenters. The summed E-state index contributed by atoms with van der Waals surface area (Å²) in [6.07, 6.45) is -1.41. The molecule has 1 saturated heterocycles. The minimum Gasteiger partial charge on any atom is -0.756 e. The zero-order chi connectivity index (χ0) is 14.5. The number of hydrogen-bond acceptors (Lipinski definition) is 7. The Morgan fingerprint density at radius 3 is 2.53 bits per heavy atom. The Hall–Kier alpha value is 0.0549. The predicted octanol–water partition coefficient (Wildman–Crippen LogP) is -0.179. The molecular formula is C10H19BO7P-. The Balaban J connectivity index is 2.70. The fraction of sp³-hybridized carbons (Fsp3) is 1.00. The van der Waals surface area contributed by atoms with Crippen molar-refractivity contribution in [3.63, 3.8) is 0 Å². The molecule has 19 heavy (non-hydrogen) atoms. The lowest BCUT2D eigenvalue weighted by Crippen LogP contribution is -2.38. The highest BCUT2D eigenvalue weighted by molar-refractivity contribution is 7.45. The molecule has 0 aromatic rings. The van der Waals surface area contributed by atoms with Crippen LogP contribution in [0.1, 0.15) is 13.3 Å². The molecule has 0 aromatic carbocycles. The molecule has 0 amide bonds. The summed E-state index contributed by atoms with van der Waals surface area (Å²) in [4.78, 5) is 11.4. The van der Waals surface area contributed by atoms with Gasteiger partial charge in [0.25, 0.3) is 7.82 Å². The van der Waals surface area contributed by atoms with Crippen LogP contribution in [0.5, 0.6) is 0 Å².